The highest BCUT2D eigenvalue weighted by molar-refractivity contribution is 6.24. The van der Waals surface area contributed by atoms with Crippen LogP contribution in [-0.2, 0) is 14.4 Å². The van der Waals surface area contributed by atoms with Crippen molar-refractivity contribution in [3.8, 4) is 5.75 Å². The van der Waals surface area contributed by atoms with Gasteiger partial charge in [0.15, 0.2) is 11.4 Å². The number of hydrogen-bond acceptors (Lipinski definition) is 9. The molecule has 1 aromatic carbocycles. The van der Waals surface area contributed by atoms with Crippen molar-refractivity contribution >= 4 is 28.9 Å². The Morgan fingerprint density at radius 2 is 1.84 bits per heavy atom. The number of carbonyl (C=O) groups is 3. The van der Waals surface area contributed by atoms with E-state index in [-0.39, 0.29) is 23.7 Å². The lowest BCUT2D eigenvalue weighted by atomic mass is 9.55. The number of benzene rings is 1. The first-order valence-electron chi connectivity index (χ1n) is 12.9. The number of aliphatic hydroxyl groups excluding tert-OH is 2. The summed E-state index contributed by atoms with van der Waals surface area (Å²) in [5.74, 6) is -5.84. The van der Waals surface area contributed by atoms with Crippen LogP contribution in [0, 0.1) is 11.8 Å². The fourth-order valence-corrected chi connectivity index (χ4v) is 6.42. The van der Waals surface area contributed by atoms with Crippen LogP contribution < -0.4 is 15.4 Å². The number of carbonyl (C=O) groups excluding carboxylic acids is 3. The molecule has 5 N–H and O–H groups in total. The van der Waals surface area contributed by atoms with E-state index in [1.807, 2.05) is 38.9 Å². The van der Waals surface area contributed by atoms with Gasteiger partial charge in [-0.1, -0.05) is 20.3 Å². The van der Waals surface area contributed by atoms with Crippen LogP contribution in [0.5, 0.6) is 5.75 Å². The number of ether oxygens (including phenoxy) is 1. The van der Waals surface area contributed by atoms with Crippen molar-refractivity contribution in [1.29, 1.82) is 0 Å². The van der Waals surface area contributed by atoms with Crippen LogP contribution >= 0.6 is 0 Å². The van der Waals surface area contributed by atoms with Crippen molar-refractivity contribution in [2.24, 2.45) is 17.6 Å². The number of unbranched alkanes of at least 4 members (excludes halogenated alkanes) is 1. The van der Waals surface area contributed by atoms with Gasteiger partial charge in [0.05, 0.1) is 18.2 Å². The van der Waals surface area contributed by atoms with Gasteiger partial charge in [0.2, 0.25) is 5.78 Å². The Morgan fingerprint density at radius 1 is 1.18 bits per heavy atom. The van der Waals surface area contributed by atoms with Crippen LogP contribution in [-0.4, -0.2) is 84.1 Å². The van der Waals surface area contributed by atoms with Gasteiger partial charge in [-0.3, -0.25) is 19.3 Å². The highest BCUT2D eigenvalue weighted by Crippen LogP contribution is 2.57. The van der Waals surface area contributed by atoms with Gasteiger partial charge in [-0.25, -0.2) is 0 Å². The van der Waals surface area contributed by atoms with E-state index >= 15 is 0 Å². The number of amides is 1. The normalized spacial score (nSPS) is 28.7. The molecule has 3 aliphatic rings. The predicted molar refractivity (Wildman–Crippen MR) is 142 cm³/mol. The number of nitrogens with two attached hydrogens (primary N) is 1. The molecule has 1 aromatic rings. The highest BCUT2D eigenvalue weighted by atomic mass is 16.5. The zero-order valence-corrected chi connectivity index (χ0v) is 22.7. The van der Waals surface area contributed by atoms with Crippen LogP contribution in [0.1, 0.15) is 50.2 Å². The summed E-state index contributed by atoms with van der Waals surface area (Å²) in [5.41, 5.74) is 3.97. The number of Topliss-reactive ketones (excluding diaryl/α,β-unsaturated/α-hetero) is 2. The molecule has 1 fully saturated rings. The summed E-state index contributed by atoms with van der Waals surface area (Å²) < 4.78 is 6.02. The third-order valence-corrected chi connectivity index (χ3v) is 8.28. The summed E-state index contributed by atoms with van der Waals surface area (Å²) in [6.07, 6.45) is 1.81. The van der Waals surface area contributed by atoms with Crippen molar-refractivity contribution < 1.29 is 34.4 Å². The lowest BCUT2D eigenvalue weighted by molar-refractivity contribution is -0.154. The number of likely N-dealkylation sites (N-methyl/N-ethyl adjacent to an activating group) is 1. The standard InChI is InChI=1S/C28H37N3O7/c1-7-8-11-38-17-10-9-16(30(3)4)18-13(2)14-12-15-22(31(5)6)24(33)21(27(29)36)26(35)28(15,37)25(34)19(14)23(32)20(17)18/h9-10,13-15,22,32,35,37H,7-8,11-12H2,1-6H3,(H2,29,36)/t13-,14+,15-,22+,28-/m0/s1. The fourth-order valence-electron chi connectivity index (χ4n) is 6.42. The molecule has 206 valence electrons. The summed E-state index contributed by atoms with van der Waals surface area (Å²) in [6, 6.07) is 2.58. The maximum Gasteiger partial charge on any atom is 0.255 e. The van der Waals surface area contributed by atoms with Gasteiger partial charge in [-0.05, 0) is 56.5 Å². The van der Waals surface area contributed by atoms with E-state index in [0.717, 1.165) is 24.1 Å². The topological polar surface area (TPSA) is 154 Å². The second-order valence-corrected chi connectivity index (χ2v) is 10.9. The maximum absolute atomic E-state index is 14.1. The van der Waals surface area contributed by atoms with Crippen LogP contribution in [0.3, 0.4) is 0 Å². The Hall–Kier alpha value is -3.37. The number of nitrogens with zero attached hydrogens (tertiary/aromatic N) is 2. The number of rotatable bonds is 7. The van der Waals surface area contributed by atoms with E-state index in [2.05, 4.69) is 0 Å². The maximum atomic E-state index is 14.1. The molecule has 10 nitrogen and oxygen atoms in total. The number of hydrogen-bond donors (Lipinski definition) is 4. The molecule has 0 saturated heterocycles. The van der Waals surface area contributed by atoms with Crippen LogP contribution in [0.25, 0.3) is 5.76 Å². The minimum absolute atomic E-state index is 0.0535. The zero-order chi connectivity index (χ0) is 28.3. The first-order valence-corrected chi connectivity index (χ1v) is 12.9. The van der Waals surface area contributed by atoms with Gasteiger partial charge >= 0.3 is 0 Å². The molecule has 38 heavy (non-hydrogen) atoms. The molecule has 0 bridgehead atoms. The fraction of sp³-hybridized carbons (Fsp3) is 0.536. The lowest BCUT2D eigenvalue weighted by Gasteiger charge is -2.51. The lowest BCUT2D eigenvalue weighted by Crippen LogP contribution is -2.66. The first kappa shape index (κ1) is 27.7. The molecule has 0 spiro atoms. The van der Waals surface area contributed by atoms with Gasteiger partial charge in [-0.2, -0.15) is 0 Å². The minimum Gasteiger partial charge on any atom is -0.508 e. The molecular weight excluding hydrogens is 490 g/mol. The molecule has 0 heterocycles. The van der Waals surface area contributed by atoms with E-state index < -0.39 is 52.3 Å². The monoisotopic (exact) mass is 527 g/mol. The molecular formula is C28H37N3O7. The molecule has 5 atom stereocenters. The van der Waals surface area contributed by atoms with Gasteiger partial charge in [0, 0.05) is 31.3 Å². The Morgan fingerprint density at radius 3 is 2.39 bits per heavy atom. The molecule has 0 aliphatic heterocycles. The molecule has 0 aromatic heterocycles. The average molecular weight is 528 g/mol. The van der Waals surface area contributed by atoms with Crippen LogP contribution in [0.4, 0.5) is 5.69 Å². The first-order chi connectivity index (χ1) is 17.8. The average Bonchev–Trinajstić information content (AvgIpc) is 2.83. The van der Waals surface area contributed by atoms with E-state index in [1.165, 1.54) is 4.90 Å². The number of fused-ring (bicyclic) bond motifs is 3. The smallest absolute Gasteiger partial charge is 0.255 e. The highest BCUT2D eigenvalue weighted by Gasteiger charge is 2.65. The van der Waals surface area contributed by atoms with Crippen molar-refractivity contribution in [1.82, 2.24) is 4.90 Å². The van der Waals surface area contributed by atoms with Crippen molar-refractivity contribution in [3.63, 3.8) is 0 Å². The molecule has 10 heteroatoms. The van der Waals surface area contributed by atoms with Crippen molar-refractivity contribution in [2.45, 2.75) is 50.7 Å². The van der Waals surface area contributed by atoms with Crippen molar-refractivity contribution in [2.75, 3.05) is 39.7 Å². The summed E-state index contributed by atoms with van der Waals surface area (Å²) in [6.45, 7) is 4.40. The Bertz CT molecular complexity index is 1270. The molecule has 3 aliphatic carbocycles. The van der Waals surface area contributed by atoms with Gasteiger partial charge < -0.3 is 30.7 Å². The Balaban J connectivity index is 1.99. The molecule has 4 rings (SSSR count). The number of anilines is 1. The van der Waals surface area contributed by atoms with E-state index in [9.17, 15) is 29.7 Å². The largest absolute Gasteiger partial charge is 0.508 e. The van der Waals surface area contributed by atoms with E-state index in [4.69, 9.17) is 10.5 Å². The Labute approximate surface area is 222 Å². The second-order valence-electron chi connectivity index (χ2n) is 10.9. The van der Waals surface area contributed by atoms with E-state index in [1.54, 1.807) is 20.2 Å². The second kappa shape index (κ2) is 9.74. The van der Waals surface area contributed by atoms with Crippen LogP contribution in [0.15, 0.2) is 29.0 Å². The molecule has 1 saturated carbocycles. The summed E-state index contributed by atoms with van der Waals surface area (Å²) in [5, 5.41) is 34.5. The number of primary amides is 1. The third kappa shape index (κ3) is 3.80. The zero-order valence-electron chi connectivity index (χ0n) is 22.7. The Kier molecular flexibility index (Phi) is 7.09. The predicted octanol–water partition coefficient (Wildman–Crippen LogP) is 2.06. The summed E-state index contributed by atoms with van der Waals surface area (Å²) >= 11 is 0. The summed E-state index contributed by atoms with van der Waals surface area (Å²) in [4.78, 5) is 43.0. The quantitative estimate of drug-likeness (QED) is 0.308. The molecule has 1 amide bonds. The van der Waals surface area contributed by atoms with Gasteiger partial charge in [0.25, 0.3) is 5.91 Å². The van der Waals surface area contributed by atoms with Gasteiger partial charge in [0.1, 0.15) is 22.8 Å². The molecule has 0 unspecified atom stereocenters. The SMILES string of the molecule is CCCCOc1ccc(N(C)C)c2c1C(O)=C1C(=O)[C@]3(O)C(O)=C(C(N)=O)C(=O)[C@H](N(C)C)[C@@H]3C[C@@H]1[C@@H]2C. The third-order valence-electron chi connectivity index (χ3n) is 8.28. The van der Waals surface area contributed by atoms with E-state index in [0.29, 0.717) is 17.9 Å². The minimum atomic E-state index is -2.60. The van der Waals surface area contributed by atoms with Gasteiger partial charge in [-0.15, -0.1) is 0 Å². The van der Waals surface area contributed by atoms with Crippen LogP contribution in [0.2, 0.25) is 0 Å². The summed E-state index contributed by atoms with van der Waals surface area (Å²) in [7, 11) is 6.97. The van der Waals surface area contributed by atoms with Crippen molar-refractivity contribution in [3.05, 3.63) is 40.2 Å². The number of aliphatic hydroxyl groups is 3. The number of ketones is 2. The molecule has 0 radical (unpaired) electrons.